The van der Waals surface area contributed by atoms with E-state index in [4.69, 9.17) is 19.9 Å². The third-order valence-electron chi connectivity index (χ3n) is 5.95. The zero-order chi connectivity index (χ0) is 22.7. The highest BCUT2D eigenvalue weighted by Gasteiger charge is 2.37. The van der Waals surface area contributed by atoms with Crippen LogP contribution in [0.3, 0.4) is 0 Å². The number of rotatable bonds is 5. The topological polar surface area (TPSA) is 80.7 Å². The van der Waals surface area contributed by atoms with Crippen LogP contribution in [-0.2, 0) is 4.74 Å². The lowest BCUT2D eigenvalue weighted by Gasteiger charge is -2.38. The first-order valence-electron chi connectivity index (χ1n) is 10.6. The fourth-order valence-corrected chi connectivity index (χ4v) is 4.23. The van der Waals surface area contributed by atoms with Crippen LogP contribution in [0.15, 0.2) is 76.9 Å². The van der Waals surface area contributed by atoms with E-state index in [2.05, 4.69) is 24.0 Å². The van der Waals surface area contributed by atoms with E-state index in [0.29, 0.717) is 12.2 Å². The number of methoxy groups -OCH3 is 2. The quantitative estimate of drug-likeness (QED) is 0.768. The van der Waals surface area contributed by atoms with Crippen molar-refractivity contribution in [2.24, 2.45) is 5.73 Å². The second-order valence-electron chi connectivity index (χ2n) is 7.79. The van der Waals surface area contributed by atoms with Crippen molar-refractivity contribution in [3.8, 4) is 17.6 Å². The number of hydrogen-bond donors (Lipinski definition) is 1. The summed E-state index contributed by atoms with van der Waals surface area (Å²) in [5, 5.41) is 9.68. The van der Waals surface area contributed by atoms with Crippen molar-refractivity contribution in [2.75, 3.05) is 33.9 Å². The highest BCUT2D eigenvalue weighted by Crippen LogP contribution is 2.44. The van der Waals surface area contributed by atoms with Crippen molar-refractivity contribution in [3.63, 3.8) is 0 Å². The lowest BCUT2D eigenvalue weighted by Crippen LogP contribution is -2.38. The molecule has 0 spiro atoms. The Hall–Kier alpha value is -3.69. The molecule has 1 atom stereocenters. The molecule has 4 rings (SSSR count). The molecule has 0 saturated carbocycles. The smallest absolute Gasteiger partial charge is 0.223 e. The molecule has 2 N–H and O–H groups in total. The summed E-state index contributed by atoms with van der Waals surface area (Å²) in [6.07, 6.45) is 2.17. The maximum absolute atomic E-state index is 9.68. The molecule has 164 valence electrons. The monoisotopic (exact) mass is 429 g/mol. The summed E-state index contributed by atoms with van der Waals surface area (Å²) in [5.41, 5.74) is 11.2. The highest BCUT2D eigenvalue weighted by molar-refractivity contribution is 5.65. The van der Waals surface area contributed by atoms with Crippen molar-refractivity contribution in [1.82, 2.24) is 4.90 Å². The first kappa shape index (κ1) is 21.5. The molecule has 0 saturated heterocycles. The summed E-state index contributed by atoms with van der Waals surface area (Å²) in [5.74, 6) is 2.28. The van der Waals surface area contributed by atoms with Gasteiger partial charge in [-0.2, -0.15) is 5.26 Å². The molecular formula is C26H27N3O3. The molecule has 2 aliphatic rings. The SMILES string of the molecule is CCN1CC(=Cc2ccc(OC)cc2)C2=C(C1)OC(C#N)=C(N)C2c1ccc(OC)cc1. The van der Waals surface area contributed by atoms with E-state index in [1.165, 1.54) is 0 Å². The molecule has 2 aliphatic heterocycles. The lowest BCUT2D eigenvalue weighted by molar-refractivity contribution is 0.216. The van der Waals surface area contributed by atoms with Crippen molar-refractivity contribution < 1.29 is 14.2 Å². The van der Waals surface area contributed by atoms with Crippen LogP contribution in [0.5, 0.6) is 11.5 Å². The number of hydrogen-bond acceptors (Lipinski definition) is 6. The van der Waals surface area contributed by atoms with Crippen LogP contribution in [0.4, 0.5) is 0 Å². The Balaban J connectivity index is 1.85. The maximum Gasteiger partial charge on any atom is 0.223 e. The fourth-order valence-electron chi connectivity index (χ4n) is 4.23. The molecule has 2 aromatic rings. The zero-order valence-corrected chi connectivity index (χ0v) is 18.6. The average molecular weight is 430 g/mol. The molecule has 0 radical (unpaired) electrons. The van der Waals surface area contributed by atoms with Crippen LogP contribution in [0.25, 0.3) is 6.08 Å². The van der Waals surface area contributed by atoms with E-state index in [1.54, 1.807) is 14.2 Å². The fraction of sp³-hybridized carbons (Fsp3) is 0.269. The van der Waals surface area contributed by atoms with Gasteiger partial charge in [-0.3, -0.25) is 4.90 Å². The second-order valence-corrected chi connectivity index (χ2v) is 7.79. The van der Waals surface area contributed by atoms with Gasteiger partial charge in [0.05, 0.1) is 32.4 Å². The Morgan fingerprint density at radius 3 is 2.25 bits per heavy atom. The average Bonchev–Trinajstić information content (AvgIpc) is 2.84. The van der Waals surface area contributed by atoms with Crippen LogP contribution >= 0.6 is 0 Å². The summed E-state index contributed by atoms with van der Waals surface area (Å²) in [6.45, 7) is 4.40. The Labute approximate surface area is 188 Å². The maximum atomic E-state index is 9.68. The van der Waals surface area contributed by atoms with Gasteiger partial charge in [0.1, 0.15) is 23.3 Å². The van der Waals surface area contributed by atoms with Gasteiger partial charge < -0.3 is 19.9 Å². The van der Waals surface area contributed by atoms with E-state index in [-0.39, 0.29) is 11.7 Å². The van der Waals surface area contributed by atoms with Crippen LogP contribution in [-0.4, -0.2) is 38.8 Å². The minimum absolute atomic E-state index is 0.173. The number of nitriles is 1. The Bertz CT molecular complexity index is 1120. The molecule has 32 heavy (non-hydrogen) atoms. The van der Waals surface area contributed by atoms with Gasteiger partial charge in [0, 0.05) is 12.1 Å². The van der Waals surface area contributed by atoms with Gasteiger partial charge in [0.25, 0.3) is 0 Å². The first-order chi connectivity index (χ1) is 15.6. The van der Waals surface area contributed by atoms with Crippen molar-refractivity contribution in [2.45, 2.75) is 12.8 Å². The molecule has 1 unspecified atom stereocenters. The summed E-state index contributed by atoms with van der Waals surface area (Å²) in [4.78, 5) is 2.29. The summed E-state index contributed by atoms with van der Waals surface area (Å²) < 4.78 is 16.6. The van der Waals surface area contributed by atoms with Crippen molar-refractivity contribution >= 4 is 6.08 Å². The molecule has 0 amide bonds. The van der Waals surface area contributed by atoms with E-state index >= 15 is 0 Å². The Kier molecular flexibility index (Phi) is 6.20. The molecular weight excluding hydrogens is 402 g/mol. The van der Waals surface area contributed by atoms with Crippen molar-refractivity contribution in [3.05, 3.63) is 88.0 Å². The van der Waals surface area contributed by atoms with E-state index in [9.17, 15) is 5.26 Å². The van der Waals surface area contributed by atoms with Crippen LogP contribution in [0.1, 0.15) is 24.0 Å². The molecule has 6 nitrogen and oxygen atoms in total. The number of nitrogens with zero attached hydrogens (tertiary/aromatic N) is 2. The van der Waals surface area contributed by atoms with Crippen LogP contribution < -0.4 is 15.2 Å². The predicted molar refractivity (Wildman–Crippen MR) is 124 cm³/mol. The third kappa shape index (κ3) is 4.08. The molecule has 0 aromatic heterocycles. The van der Waals surface area contributed by atoms with Gasteiger partial charge in [-0.15, -0.1) is 0 Å². The predicted octanol–water partition coefficient (Wildman–Crippen LogP) is 4.18. The zero-order valence-electron chi connectivity index (χ0n) is 18.6. The summed E-state index contributed by atoms with van der Waals surface area (Å²) in [6, 6.07) is 17.9. The second kappa shape index (κ2) is 9.21. The number of likely N-dealkylation sites (N-methyl/N-ethyl adjacent to an activating group) is 1. The molecule has 0 bridgehead atoms. The lowest BCUT2D eigenvalue weighted by atomic mass is 9.79. The van der Waals surface area contributed by atoms with Crippen molar-refractivity contribution in [1.29, 1.82) is 5.26 Å². The third-order valence-corrected chi connectivity index (χ3v) is 5.95. The molecule has 2 aromatic carbocycles. The largest absolute Gasteiger partial charge is 0.497 e. The summed E-state index contributed by atoms with van der Waals surface area (Å²) in [7, 11) is 3.30. The Morgan fingerprint density at radius 2 is 1.69 bits per heavy atom. The van der Waals surface area contributed by atoms with Crippen LogP contribution in [0, 0.1) is 11.3 Å². The number of allylic oxidation sites excluding steroid dienone is 2. The van der Waals surface area contributed by atoms with Gasteiger partial charge in [-0.25, -0.2) is 0 Å². The standard InChI is InChI=1S/C26H27N3O3/c1-4-29-15-19(13-17-5-9-20(30-2)10-6-17)24-23(16-29)32-22(14-27)26(28)25(24)18-7-11-21(31-3)12-8-18/h5-13,25H,4,15-16,28H2,1-3H3. The van der Waals surface area contributed by atoms with Gasteiger partial charge in [-0.05, 0) is 47.5 Å². The van der Waals surface area contributed by atoms with Gasteiger partial charge in [-0.1, -0.05) is 37.3 Å². The number of nitrogens with two attached hydrogens (primary N) is 1. The summed E-state index contributed by atoms with van der Waals surface area (Å²) >= 11 is 0. The van der Waals surface area contributed by atoms with E-state index < -0.39 is 0 Å². The van der Waals surface area contributed by atoms with Gasteiger partial charge in [0.2, 0.25) is 5.76 Å². The van der Waals surface area contributed by atoms with E-state index in [0.717, 1.165) is 52.6 Å². The minimum atomic E-state index is -0.261. The molecule has 2 heterocycles. The minimum Gasteiger partial charge on any atom is -0.497 e. The number of ether oxygens (including phenoxy) is 3. The van der Waals surface area contributed by atoms with Gasteiger partial charge >= 0.3 is 0 Å². The van der Waals surface area contributed by atoms with Crippen LogP contribution in [0.2, 0.25) is 0 Å². The normalized spacial score (nSPS) is 19.9. The van der Waals surface area contributed by atoms with E-state index in [1.807, 2.05) is 48.5 Å². The molecule has 0 fully saturated rings. The molecule has 0 aliphatic carbocycles. The number of benzene rings is 2. The molecule has 6 heteroatoms. The first-order valence-corrected chi connectivity index (χ1v) is 10.6. The highest BCUT2D eigenvalue weighted by atomic mass is 16.5. The Morgan fingerprint density at radius 1 is 1.06 bits per heavy atom. The van der Waals surface area contributed by atoms with Gasteiger partial charge in [0.15, 0.2) is 0 Å².